The van der Waals surface area contributed by atoms with Crippen molar-refractivity contribution in [2.45, 2.75) is 5.92 Å². The summed E-state index contributed by atoms with van der Waals surface area (Å²) in [6.07, 6.45) is -0.424. The lowest BCUT2D eigenvalue weighted by atomic mass is 9.98. The van der Waals surface area contributed by atoms with E-state index in [1.54, 1.807) is 6.07 Å². The Kier molecular flexibility index (Phi) is 3.58. The molecule has 92 valence electrons. The molecule has 1 heterocycles. The summed E-state index contributed by atoms with van der Waals surface area (Å²) in [4.78, 5) is 12.8. The maximum Gasteiger partial charge on any atom is 0.409 e. The number of ether oxygens (including phenoxy) is 1. The maximum absolute atomic E-state index is 13.1. The number of hydrogen-bond donors (Lipinski definition) is 1. The van der Waals surface area contributed by atoms with Crippen LogP contribution in [-0.4, -0.2) is 42.4 Å². The molecule has 4 nitrogen and oxygen atoms in total. The molecule has 5 heteroatoms. The van der Waals surface area contributed by atoms with Gasteiger partial charge in [-0.15, -0.1) is 0 Å². The smallest absolute Gasteiger partial charge is 0.409 e. The van der Waals surface area contributed by atoms with Crippen LogP contribution in [0.4, 0.5) is 9.18 Å². The molecule has 1 N–H and O–H groups in total. The first-order valence-corrected chi connectivity index (χ1v) is 5.48. The molecule has 1 aliphatic heterocycles. The number of carbonyl (C=O) groups is 1. The second-order valence-corrected chi connectivity index (χ2v) is 4.00. The van der Waals surface area contributed by atoms with Crippen LogP contribution in [-0.2, 0) is 4.74 Å². The third-order valence-corrected chi connectivity index (χ3v) is 2.80. The van der Waals surface area contributed by atoms with Crippen LogP contribution in [0.2, 0.25) is 0 Å². The van der Waals surface area contributed by atoms with Gasteiger partial charge in [-0.1, -0.05) is 12.1 Å². The zero-order valence-corrected chi connectivity index (χ0v) is 9.30. The van der Waals surface area contributed by atoms with Crippen molar-refractivity contribution in [2.75, 3.05) is 26.3 Å². The van der Waals surface area contributed by atoms with E-state index in [1.807, 2.05) is 6.07 Å². The van der Waals surface area contributed by atoms with E-state index in [2.05, 4.69) is 0 Å². The summed E-state index contributed by atoms with van der Waals surface area (Å²) in [6.45, 7) is 0.836. The Balaban J connectivity index is 2.10. The number of nitrogens with zero attached hydrogens (tertiary/aromatic N) is 1. The van der Waals surface area contributed by atoms with E-state index in [0.29, 0.717) is 6.54 Å². The van der Waals surface area contributed by atoms with Crippen molar-refractivity contribution < 1.29 is 19.0 Å². The number of rotatable bonds is 3. The van der Waals surface area contributed by atoms with Crippen molar-refractivity contribution >= 4 is 6.09 Å². The van der Waals surface area contributed by atoms with Crippen LogP contribution in [0, 0.1) is 5.82 Å². The lowest BCUT2D eigenvalue weighted by molar-refractivity contribution is 0.0546. The largest absolute Gasteiger partial charge is 0.449 e. The third-order valence-electron chi connectivity index (χ3n) is 2.80. The third kappa shape index (κ3) is 2.74. The van der Waals surface area contributed by atoms with Crippen LogP contribution in [0.5, 0.6) is 0 Å². The van der Waals surface area contributed by atoms with Crippen LogP contribution in [0.25, 0.3) is 0 Å². The molecule has 0 aliphatic carbocycles. The minimum Gasteiger partial charge on any atom is -0.449 e. The van der Waals surface area contributed by atoms with E-state index in [1.165, 1.54) is 17.0 Å². The minimum absolute atomic E-state index is 0.0463. The number of β-amino-alcohol motifs (C(OH)–C–C–N with tert-alkyl or cyclic N) is 1. The van der Waals surface area contributed by atoms with E-state index in [-0.39, 0.29) is 31.5 Å². The summed E-state index contributed by atoms with van der Waals surface area (Å²) < 4.78 is 18.1. The number of cyclic esters (lactones) is 1. The SMILES string of the molecule is O=C1OCC(c2cccc(F)c2)CN1CCO. The van der Waals surface area contributed by atoms with Crippen molar-refractivity contribution in [1.82, 2.24) is 4.90 Å². The molecule has 0 saturated carbocycles. The average Bonchev–Trinajstić information content (AvgIpc) is 2.32. The van der Waals surface area contributed by atoms with Gasteiger partial charge in [0.15, 0.2) is 0 Å². The lowest BCUT2D eigenvalue weighted by Crippen LogP contribution is -2.43. The summed E-state index contributed by atoms with van der Waals surface area (Å²) in [5.74, 6) is -0.344. The zero-order chi connectivity index (χ0) is 12.3. The second kappa shape index (κ2) is 5.14. The fraction of sp³-hybridized carbons (Fsp3) is 0.417. The molecule has 17 heavy (non-hydrogen) atoms. The number of aliphatic hydroxyl groups is 1. The van der Waals surface area contributed by atoms with Crippen molar-refractivity contribution in [3.8, 4) is 0 Å². The van der Waals surface area contributed by atoms with Crippen LogP contribution >= 0.6 is 0 Å². The number of halogens is 1. The Hall–Kier alpha value is -1.62. The van der Waals surface area contributed by atoms with Gasteiger partial charge in [0.2, 0.25) is 0 Å². The molecule has 1 aliphatic rings. The van der Waals surface area contributed by atoms with Crippen molar-refractivity contribution in [1.29, 1.82) is 0 Å². The number of benzene rings is 1. The maximum atomic E-state index is 13.1. The normalized spacial score (nSPS) is 20.2. The van der Waals surface area contributed by atoms with E-state index in [9.17, 15) is 9.18 Å². The Morgan fingerprint density at radius 2 is 2.35 bits per heavy atom. The lowest BCUT2D eigenvalue weighted by Gasteiger charge is -2.31. The van der Waals surface area contributed by atoms with Gasteiger partial charge < -0.3 is 14.7 Å². The Morgan fingerprint density at radius 1 is 1.53 bits per heavy atom. The second-order valence-electron chi connectivity index (χ2n) is 4.00. The van der Waals surface area contributed by atoms with E-state index in [4.69, 9.17) is 9.84 Å². The van der Waals surface area contributed by atoms with Gasteiger partial charge in [0.1, 0.15) is 12.4 Å². The Labute approximate surface area is 98.6 Å². The molecule has 1 saturated heterocycles. The van der Waals surface area contributed by atoms with Gasteiger partial charge >= 0.3 is 6.09 Å². The first kappa shape index (κ1) is 11.9. The van der Waals surface area contributed by atoms with Crippen LogP contribution in [0.15, 0.2) is 24.3 Å². The van der Waals surface area contributed by atoms with Crippen LogP contribution < -0.4 is 0 Å². The fourth-order valence-electron chi connectivity index (χ4n) is 1.92. The first-order chi connectivity index (χ1) is 8.20. The number of carbonyl (C=O) groups excluding carboxylic acids is 1. The molecule has 1 amide bonds. The van der Waals surface area contributed by atoms with Gasteiger partial charge in [0.05, 0.1) is 6.61 Å². The number of aliphatic hydroxyl groups excluding tert-OH is 1. The molecular weight excluding hydrogens is 225 g/mol. The highest BCUT2D eigenvalue weighted by Gasteiger charge is 2.27. The molecular formula is C12H14FNO3. The predicted molar refractivity (Wildman–Crippen MR) is 59.1 cm³/mol. The fourth-order valence-corrected chi connectivity index (χ4v) is 1.92. The van der Waals surface area contributed by atoms with Gasteiger partial charge in [-0.3, -0.25) is 0 Å². The summed E-state index contributed by atoms with van der Waals surface area (Å²) in [7, 11) is 0. The quantitative estimate of drug-likeness (QED) is 0.866. The van der Waals surface area contributed by atoms with E-state index >= 15 is 0 Å². The van der Waals surface area contributed by atoms with Gasteiger partial charge in [-0.25, -0.2) is 9.18 Å². The van der Waals surface area contributed by atoms with Gasteiger partial charge in [-0.2, -0.15) is 0 Å². The first-order valence-electron chi connectivity index (χ1n) is 5.48. The van der Waals surface area contributed by atoms with Gasteiger partial charge in [0, 0.05) is 19.0 Å². The molecule has 2 rings (SSSR count). The number of amides is 1. The summed E-state index contributed by atoms with van der Waals surface area (Å²) >= 11 is 0. The molecule has 1 aromatic rings. The molecule has 1 atom stereocenters. The molecule has 0 radical (unpaired) electrons. The van der Waals surface area contributed by atoms with E-state index in [0.717, 1.165) is 5.56 Å². The minimum atomic E-state index is -0.424. The molecule has 1 fully saturated rings. The monoisotopic (exact) mass is 239 g/mol. The van der Waals surface area contributed by atoms with Crippen LogP contribution in [0.3, 0.4) is 0 Å². The average molecular weight is 239 g/mol. The van der Waals surface area contributed by atoms with Crippen molar-refractivity contribution in [2.24, 2.45) is 0 Å². The predicted octanol–water partition coefficient (Wildman–Crippen LogP) is 1.35. The zero-order valence-electron chi connectivity index (χ0n) is 9.30. The molecule has 0 aromatic heterocycles. The standard InChI is InChI=1S/C12H14FNO3/c13-11-3-1-2-9(6-11)10-7-14(4-5-15)12(16)17-8-10/h1-3,6,10,15H,4-5,7-8H2. The Morgan fingerprint density at radius 3 is 3.06 bits per heavy atom. The topological polar surface area (TPSA) is 49.8 Å². The van der Waals surface area contributed by atoms with Crippen LogP contribution in [0.1, 0.15) is 11.5 Å². The highest BCUT2D eigenvalue weighted by Crippen LogP contribution is 2.22. The highest BCUT2D eigenvalue weighted by atomic mass is 19.1. The summed E-state index contributed by atoms with van der Waals surface area (Å²) in [5.41, 5.74) is 0.806. The van der Waals surface area contributed by atoms with E-state index < -0.39 is 6.09 Å². The van der Waals surface area contributed by atoms with Gasteiger partial charge in [-0.05, 0) is 17.7 Å². The van der Waals surface area contributed by atoms with Gasteiger partial charge in [0.25, 0.3) is 0 Å². The van der Waals surface area contributed by atoms with Crippen molar-refractivity contribution in [3.05, 3.63) is 35.6 Å². The van der Waals surface area contributed by atoms with Crippen molar-refractivity contribution in [3.63, 3.8) is 0 Å². The molecule has 0 bridgehead atoms. The molecule has 1 unspecified atom stereocenters. The molecule has 1 aromatic carbocycles. The summed E-state index contributed by atoms with van der Waals surface area (Å²) in [5, 5.41) is 8.83. The number of hydrogen-bond acceptors (Lipinski definition) is 3. The summed E-state index contributed by atoms with van der Waals surface area (Å²) in [6, 6.07) is 6.27. The highest BCUT2D eigenvalue weighted by molar-refractivity contribution is 5.68. The molecule has 0 spiro atoms. The Bertz CT molecular complexity index is 410.